The number of nitrogens with one attached hydrogen (secondary N) is 1. The van der Waals surface area contributed by atoms with E-state index in [1.54, 1.807) is 12.4 Å². The second kappa shape index (κ2) is 5.27. The Morgan fingerprint density at radius 1 is 1.33 bits per heavy atom. The summed E-state index contributed by atoms with van der Waals surface area (Å²) in [4.78, 5) is 8.52. The van der Waals surface area contributed by atoms with E-state index in [9.17, 15) is 0 Å². The van der Waals surface area contributed by atoms with E-state index < -0.39 is 0 Å². The zero-order valence-electron chi connectivity index (χ0n) is 11.1. The van der Waals surface area contributed by atoms with Crippen molar-refractivity contribution < 1.29 is 4.52 Å². The van der Waals surface area contributed by atoms with E-state index in [1.165, 1.54) is 0 Å². The van der Waals surface area contributed by atoms with Gasteiger partial charge in [0.1, 0.15) is 0 Å². The molecule has 0 aliphatic heterocycles. The highest BCUT2D eigenvalue weighted by Gasteiger charge is 2.20. The minimum absolute atomic E-state index is 0.179. The Morgan fingerprint density at radius 2 is 2.11 bits per heavy atom. The van der Waals surface area contributed by atoms with Crippen LogP contribution in [0.1, 0.15) is 31.2 Å². The molecule has 5 heteroatoms. The molecule has 0 fully saturated rings. The molecule has 0 spiro atoms. The quantitative estimate of drug-likeness (QED) is 0.895. The van der Waals surface area contributed by atoms with Gasteiger partial charge in [-0.1, -0.05) is 12.1 Å². The molecule has 0 aromatic carbocycles. The van der Waals surface area contributed by atoms with Crippen LogP contribution >= 0.6 is 0 Å². The number of hydrogen-bond acceptors (Lipinski definition) is 5. The molecule has 2 aromatic heterocycles. The number of hydrogen-bond donors (Lipinski definition) is 1. The lowest BCUT2D eigenvalue weighted by molar-refractivity contribution is 0.336. The molecule has 0 bridgehead atoms. The maximum atomic E-state index is 5.34. The van der Waals surface area contributed by atoms with Crippen molar-refractivity contribution in [1.82, 2.24) is 20.4 Å². The van der Waals surface area contributed by atoms with Gasteiger partial charge in [0, 0.05) is 24.0 Å². The predicted molar refractivity (Wildman–Crippen MR) is 69.2 cm³/mol. The van der Waals surface area contributed by atoms with E-state index in [1.807, 2.05) is 20.0 Å². The van der Waals surface area contributed by atoms with Gasteiger partial charge in [0.15, 0.2) is 0 Å². The number of pyridine rings is 1. The van der Waals surface area contributed by atoms with Crippen molar-refractivity contribution >= 4 is 0 Å². The van der Waals surface area contributed by atoms with Gasteiger partial charge in [0.25, 0.3) is 0 Å². The number of aromatic nitrogens is 3. The van der Waals surface area contributed by atoms with E-state index in [4.69, 9.17) is 4.52 Å². The fourth-order valence-corrected chi connectivity index (χ4v) is 1.72. The molecule has 2 unspecified atom stereocenters. The Hall–Kier alpha value is -1.75. The maximum absolute atomic E-state index is 5.34. The van der Waals surface area contributed by atoms with Crippen LogP contribution in [-0.2, 0) is 0 Å². The van der Waals surface area contributed by atoms with Gasteiger partial charge < -0.3 is 9.84 Å². The topological polar surface area (TPSA) is 63.8 Å². The molecule has 0 saturated carbocycles. The largest absolute Gasteiger partial charge is 0.339 e. The van der Waals surface area contributed by atoms with Crippen molar-refractivity contribution in [3.8, 4) is 11.4 Å². The summed E-state index contributed by atoms with van der Waals surface area (Å²) in [6.45, 7) is 6.14. The van der Waals surface area contributed by atoms with Crippen molar-refractivity contribution in [2.45, 2.75) is 32.7 Å². The Kier molecular flexibility index (Phi) is 3.72. The minimum atomic E-state index is 0.179. The molecular weight excluding hydrogens is 228 g/mol. The highest BCUT2D eigenvalue weighted by molar-refractivity contribution is 5.57. The van der Waals surface area contributed by atoms with Crippen LogP contribution in [0.5, 0.6) is 0 Å². The number of rotatable bonds is 4. The van der Waals surface area contributed by atoms with Crippen molar-refractivity contribution in [1.29, 1.82) is 0 Å². The molecule has 2 heterocycles. The van der Waals surface area contributed by atoms with Gasteiger partial charge in [-0.25, -0.2) is 0 Å². The molecule has 0 saturated heterocycles. The third kappa shape index (κ3) is 2.41. The van der Waals surface area contributed by atoms with E-state index in [2.05, 4.69) is 34.3 Å². The summed E-state index contributed by atoms with van der Waals surface area (Å²) < 4.78 is 5.34. The molecule has 0 radical (unpaired) electrons. The molecule has 5 nitrogen and oxygen atoms in total. The predicted octanol–water partition coefficient (Wildman–Crippen LogP) is 2.15. The first kappa shape index (κ1) is 12.7. The number of likely N-dealkylation sites (N-methyl/N-ethyl adjacent to an activating group) is 1. The first-order chi connectivity index (χ1) is 8.63. The highest BCUT2D eigenvalue weighted by atomic mass is 16.5. The van der Waals surface area contributed by atoms with Crippen LogP contribution < -0.4 is 5.32 Å². The normalized spacial score (nSPS) is 14.4. The smallest absolute Gasteiger partial charge is 0.231 e. The summed E-state index contributed by atoms with van der Waals surface area (Å²) >= 11 is 0. The van der Waals surface area contributed by atoms with E-state index in [0.717, 1.165) is 11.1 Å². The lowest BCUT2D eigenvalue weighted by Gasteiger charge is -2.14. The molecule has 0 aliphatic carbocycles. The van der Waals surface area contributed by atoms with Crippen molar-refractivity contribution in [2.75, 3.05) is 7.05 Å². The average molecular weight is 246 g/mol. The van der Waals surface area contributed by atoms with Crippen LogP contribution in [0.15, 0.2) is 23.0 Å². The molecular formula is C13H18N4O. The van der Waals surface area contributed by atoms with Gasteiger partial charge in [-0.05, 0) is 32.5 Å². The summed E-state index contributed by atoms with van der Waals surface area (Å²) in [5, 5.41) is 7.23. The zero-order valence-corrected chi connectivity index (χ0v) is 11.1. The van der Waals surface area contributed by atoms with Gasteiger partial charge in [-0.2, -0.15) is 4.98 Å². The lowest BCUT2D eigenvalue weighted by atomic mass is 10.0. The van der Waals surface area contributed by atoms with Crippen molar-refractivity contribution in [3.63, 3.8) is 0 Å². The SMILES string of the molecule is CNC(C)C(C)c1nc(-c2ccncc2C)no1. The maximum Gasteiger partial charge on any atom is 0.231 e. The minimum Gasteiger partial charge on any atom is -0.339 e. The molecule has 0 aliphatic rings. The van der Waals surface area contributed by atoms with Crippen LogP contribution in [-0.4, -0.2) is 28.2 Å². The van der Waals surface area contributed by atoms with Crippen LogP contribution in [0.2, 0.25) is 0 Å². The molecule has 2 atom stereocenters. The second-order valence-electron chi connectivity index (χ2n) is 4.51. The van der Waals surface area contributed by atoms with Crippen LogP contribution in [0, 0.1) is 6.92 Å². The van der Waals surface area contributed by atoms with E-state index in [-0.39, 0.29) is 12.0 Å². The Labute approximate surface area is 107 Å². The summed E-state index contributed by atoms with van der Waals surface area (Å²) in [5.41, 5.74) is 2.00. The molecule has 0 amide bonds. The first-order valence-corrected chi connectivity index (χ1v) is 6.05. The van der Waals surface area contributed by atoms with Gasteiger partial charge in [-0.3, -0.25) is 4.98 Å². The van der Waals surface area contributed by atoms with Gasteiger partial charge in [-0.15, -0.1) is 0 Å². The van der Waals surface area contributed by atoms with Gasteiger partial charge in [0.05, 0.1) is 5.92 Å². The Morgan fingerprint density at radius 3 is 2.78 bits per heavy atom. The molecule has 18 heavy (non-hydrogen) atoms. The summed E-state index contributed by atoms with van der Waals surface area (Å²) in [6.07, 6.45) is 3.53. The first-order valence-electron chi connectivity index (χ1n) is 6.05. The van der Waals surface area contributed by atoms with Gasteiger partial charge in [0.2, 0.25) is 11.7 Å². The third-order valence-corrected chi connectivity index (χ3v) is 3.30. The summed E-state index contributed by atoms with van der Waals surface area (Å²) in [6, 6.07) is 2.19. The third-order valence-electron chi connectivity index (χ3n) is 3.30. The Balaban J connectivity index is 2.29. The number of nitrogens with zero attached hydrogens (tertiary/aromatic N) is 3. The summed E-state index contributed by atoms with van der Waals surface area (Å²) in [5.74, 6) is 1.46. The van der Waals surface area contributed by atoms with Crippen LogP contribution in [0.4, 0.5) is 0 Å². The van der Waals surface area contributed by atoms with Crippen molar-refractivity contribution in [3.05, 3.63) is 29.9 Å². The zero-order chi connectivity index (χ0) is 13.1. The number of aryl methyl sites for hydroxylation is 1. The van der Waals surface area contributed by atoms with E-state index >= 15 is 0 Å². The average Bonchev–Trinajstić information content (AvgIpc) is 2.87. The van der Waals surface area contributed by atoms with Crippen LogP contribution in [0.3, 0.4) is 0 Å². The molecule has 96 valence electrons. The molecule has 2 rings (SSSR count). The Bertz CT molecular complexity index is 523. The lowest BCUT2D eigenvalue weighted by Crippen LogP contribution is -2.27. The molecule has 2 aromatic rings. The summed E-state index contributed by atoms with van der Waals surface area (Å²) in [7, 11) is 1.92. The fraction of sp³-hybridized carbons (Fsp3) is 0.462. The standard InChI is InChI=1S/C13H18N4O/c1-8-7-15-6-5-11(8)12-16-13(18-17-12)9(2)10(3)14-4/h5-7,9-10,14H,1-4H3. The molecule has 1 N–H and O–H groups in total. The monoisotopic (exact) mass is 246 g/mol. The highest BCUT2D eigenvalue weighted by Crippen LogP contribution is 2.23. The van der Waals surface area contributed by atoms with Crippen molar-refractivity contribution in [2.24, 2.45) is 0 Å². The van der Waals surface area contributed by atoms with Crippen LogP contribution in [0.25, 0.3) is 11.4 Å². The van der Waals surface area contributed by atoms with Gasteiger partial charge >= 0.3 is 0 Å². The second-order valence-corrected chi connectivity index (χ2v) is 4.51. The van der Waals surface area contributed by atoms with E-state index in [0.29, 0.717) is 11.7 Å². The fourth-order valence-electron chi connectivity index (χ4n) is 1.72.